The minimum Gasteiger partial charge on any atom is -0.465 e. The van der Waals surface area contributed by atoms with Gasteiger partial charge in [-0.05, 0) is 67.8 Å². The first-order valence-corrected chi connectivity index (χ1v) is 8.78. The molecule has 114 valence electrons. The van der Waals surface area contributed by atoms with Gasteiger partial charge in [0.1, 0.15) is 0 Å². The number of rotatable bonds is 3. The largest absolute Gasteiger partial charge is 0.465 e. The Bertz CT molecular complexity index is 588. The number of esters is 1. The van der Waals surface area contributed by atoms with E-state index in [1.807, 2.05) is 67.8 Å². The van der Waals surface area contributed by atoms with Crippen molar-refractivity contribution < 1.29 is 19.1 Å². The van der Waals surface area contributed by atoms with Gasteiger partial charge in [-0.3, -0.25) is 9.59 Å². The molecule has 2 amide bonds. The van der Waals surface area contributed by atoms with E-state index in [0.717, 1.165) is 0 Å². The Morgan fingerprint density at radius 1 is 0.857 bits per heavy atom. The zero-order valence-corrected chi connectivity index (χ0v) is 17.7. The molecule has 0 unspecified atom stereocenters. The van der Waals surface area contributed by atoms with Gasteiger partial charge in [-0.1, -0.05) is 0 Å². The van der Waals surface area contributed by atoms with E-state index in [0.29, 0.717) is 27.6 Å². The lowest BCUT2D eigenvalue weighted by molar-refractivity contribution is -0.115. The van der Waals surface area contributed by atoms with Crippen LogP contribution in [-0.2, 0) is 14.3 Å². The summed E-state index contributed by atoms with van der Waals surface area (Å²) >= 11 is 5.97. The molecule has 1 aromatic rings. The van der Waals surface area contributed by atoms with Crippen LogP contribution in [0.1, 0.15) is 24.2 Å². The fraction of sp³-hybridized carbons (Fsp3) is 0.250. The zero-order chi connectivity index (χ0) is 16.3. The molecule has 0 aliphatic carbocycles. The molecular weight excluding hydrogens is 617 g/mol. The van der Waals surface area contributed by atoms with Crippen LogP contribution in [-0.4, -0.2) is 24.9 Å². The molecule has 0 saturated carbocycles. The lowest BCUT2D eigenvalue weighted by Gasteiger charge is -2.18. The number of halogens is 3. The first-order valence-electron chi connectivity index (χ1n) is 5.54. The lowest BCUT2D eigenvalue weighted by Crippen LogP contribution is -2.18. The van der Waals surface area contributed by atoms with Crippen molar-refractivity contribution >= 4 is 96.9 Å². The number of ether oxygens (including phenoxy) is 1. The summed E-state index contributed by atoms with van der Waals surface area (Å²) in [5.74, 6) is -1.06. The van der Waals surface area contributed by atoms with E-state index in [9.17, 15) is 14.4 Å². The smallest absolute Gasteiger partial charge is 0.340 e. The van der Waals surface area contributed by atoms with E-state index in [2.05, 4.69) is 10.6 Å². The molecule has 6 nitrogen and oxygen atoms in total. The molecule has 0 aromatic heterocycles. The fourth-order valence-corrected chi connectivity index (χ4v) is 5.66. The molecular formula is C12H11I3N2O4. The van der Waals surface area contributed by atoms with Gasteiger partial charge in [0.2, 0.25) is 11.8 Å². The zero-order valence-electron chi connectivity index (χ0n) is 11.3. The first kappa shape index (κ1) is 18.9. The van der Waals surface area contributed by atoms with Crippen molar-refractivity contribution in [3.05, 3.63) is 16.3 Å². The molecule has 0 spiro atoms. The number of amides is 2. The van der Waals surface area contributed by atoms with Crippen LogP contribution < -0.4 is 10.6 Å². The van der Waals surface area contributed by atoms with Crippen LogP contribution in [0, 0.1) is 10.7 Å². The van der Waals surface area contributed by atoms with Gasteiger partial charge in [0.25, 0.3) is 0 Å². The average molecular weight is 628 g/mol. The number of hydrogen-bond donors (Lipinski definition) is 2. The predicted molar refractivity (Wildman–Crippen MR) is 105 cm³/mol. The van der Waals surface area contributed by atoms with Crippen molar-refractivity contribution in [1.82, 2.24) is 0 Å². The molecule has 0 aliphatic rings. The van der Waals surface area contributed by atoms with Crippen molar-refractivity contribution in [1.29, 1.82) is 0 Å². The highest BCUT2D eigenvalue weighted by atomic mass is 127. The predicted octanol–water partition coefficient (Wildman–Crippen LogP) is 3.20. The third-order valence-corrected chi connectivity index (χ3v) is 5.54. The quantitative estimate of drug-likeness (QED) is 0.399. The summed E-state index contributed by atoms with van der Waals surface area (Å²) in [6.45, 7) is 2.75. The van der Waals surface area contributed by atoms with Gasteiger partial charge in [-0.15, -0.1) is 0 Å². The standard InChI is InChI=1S/C12H11I3N2O4/c1-4(18)16-10-7(13)6(12(20)21-3)8(14)11(9(10)15)17-5(2)19/h1-3H3,(H,16,18)(H,17,19). The summed E-state index contributed by atoms with van der Waals surface area (Å²) in [5.41, 5.74) is 1.27. The molecule has 0 atom stereocenters. The van der Waals surface area contributed by atoms with Crippen molar-refractivity contribution in [2.75, 3.05) is 17.7 Å². The molecule has 0 heterocycles. The number of nitrogens with one attached hydrogen (secondary N) is 2. The van der Waals surface area contributed by atoms with Gasteiger partial charge in [0, 0.05) is 13.8 Å². The van der Waals surface area contributed by atoms with Crippen LogP contribution in [0.2, 0.25) is 0 Å². The SMILES string of the molecule is COC(=O)c1c(I)c(NC(C)=O)c(I)c(NC(C)=O)c1I. The highest BCUT2D eigenvalue weighted by molar-refractivity contribution is 14.1. The van der Waals surface area contributed by atoms with Crippen LogP contribution in [0.5, 0.6) is 0 Å². The van der Waals surface area contributed by atoms with Gasteiger partial charge in [-0.25, -0.2) is 4.79 Å². The Labute approximate surface area is 162 Å². The summed E-state index contributed by atoms with van der Waals surface area (Å²) in [7, 11) is 1.28. The second-order valence-corrected chi connectivity index (χ2v) is 7.16. The van der Waals surface area contributed by atoms with Crippen LogP contribution in [0.3, 0.4) is 0 Å². The Balaban J connectivity index is 3.69. The Hall–Kier alpha value is -0.180. The van der Waals surface area contributed by atoms with Crippen molar-refractivity contribution in [2.24, 2.45) is 0 Å². The summed E-state index contributed by atoms with van der Waals surface area (Å²) in [6.07, 6.45) is 0. The number of carbonyl (C=O) groups is 3. The number of hydrogen-bond acceptors (Lipinski definition) is 4. The van der Waals surface area contributed by atoms with Gasteiger partial charge < -0.3 is 15.4 Å². The Morgan fingerprint density at radius 3 is 1.52 bits per heavy atom. The molecule has 0 aliphatic heterocycles. The maximum atomic E-state index is 12.0. The van der Waals surface area contributed by atoms with Crippen molar-refractivity contribution in [2.45, 2.75) is 13.8 Å². The fourth-order valence-electron chi connectivity index (χ4n) is 1.52. The highest BCUT2D eigenvalue weighted by Gasteiger charge is 2.26. The van der Waals surface area contributed by atoms with Crippen LogP contribution >= 0.6 is 67.8 Å². The highest BCUT2D eigenvalue weighted by Crippen LogP contribution is 2.39. The number of methoxy groups -OCH3 is 1. The molecule has 0 saturated heterocycles. The van der Waals surface area contributed by atoms with Gasteiger partial charge in [0.05, 0.1) is 34.8 Å². The Morgan fingerprint density at radius 2 is 1.24 bits per heavy atom. The van der Waals surface area contributed by atoms with E-state index < -0.39 is 5.97 Å². The first-order chi connectivity index (χ1) is 9.70. The molecule has 1 rings (SSSR count). The minimum atomic E-state index is -0.529. The topological polar surface area (TPSA) is 84.5 Å². The second kappa shape index (κ2) is 7.89. The van der Waals surface area contributed by atoms with Crippen LogP contribution in [0.15, 0.2) is 0 Å². The third-order valence-electron chi connectivity index (χ3n) is 2.31. The van der Waals surface area contributed by atoms with Crippen LogP contribution in [0.4, 0.5) is 11.4 Å². The lowest BCUT2D eigenvalue weighted by atomic mass is 10.1. The van der Waals surface area contributed by atoms with E-state index in [1.165, 1.54) is 21.0 Å². The van der Waals surface area contributed by atoms with Gasteiger partial charge >= 0.3 is 5.97 Å². The number of carbonyl (C=O) groups excluding carboxylic acids is 3. The monoisotopic (exact) mass is 628 g/mol. The molecule has 2 N–H and O–H groups in total. The molecule has 0 radical (unpaired) electrons. The maximum absolute atomic E-state index is 12.0. The maximum Gasteiger partial charge on any atom is 0.340 e. The molecule has 0 fully saturated rings. The molecule has 0 bridgehead atoms. The summed E-state index contributed by atoms with van der Waals surface area (Å²) < 4.78 is 6.57. The minimum absolute atomic E-state index is 0.267. The summed E-state index contributed by atoms with van der Waals surface area (Å²) in [5, 5.41) is 5.37. The normalized spacial score (nSPS) is 10.0. The van der Waals surface area contributed by atoms with Gasteiger partial charge in [0.15, 0.2) is 0 Å². The van der Waals surface area contributed by atoms with Gasteiger partial charge in [-0.2, -0.15) is 0 Å². The molecule has 9 heteroatoms. The molecule has 21 heavy (non-hydrogen) atoms. The number of anilines is 2. The Kier molecular flexibility index (Phi) is 7.09. The third kappa shape index (κ3) is 4.40. The second-order valence-electron chi connectivity index (χ2n) is 3.92. The van der Waals surface area contributed by atoms with Crippen molar-refractivity contribution in [3.8, 4) is 0 Å². The van der Waals surface area contributed by atoms with E-state index in [1.54, 1.807) is 0 Å². The average Bonchev–Trinajstić information content (AvgIpc) is 2.39. The number of benzene rings is 1. The van der Waals surface area contributed by atoms with E-state index >= 15 is 0 Å². The summed E-state index contributed by atoms with van der Waals surface area (Å²) in [6, 6.07) is 0. The van der Waals surface area contributed by atoms with E-state index in [4.69, 9.17) is 4.74 Å². The van der Waals surface area contributed by atoms with Crippen LogP contribution in [0.25, 0.3) is 0 Å². The molecule has 1 aromatic carbocycles. The van der Waals surface area contributed by atoms with E-state index in [-0.39, 0.29) is 11.8 Å². The van der Waals surface area contributed by atoms with Crippen molar-refractivity contribution in [3.63, 3.8) is 0 Å². The summed E-state index contributed by atoms with van der Waals surface area (Å²) in [4.78, 5) is 34.7.